The number of carbonyl (C=O) groups excluding carboxylic acids is 1. The van der Waals surface area contributed by atoms with Crippen molar-refractivity contribution >= 4 is 17.2 Å². The van der Waals surface area contributed by atoms with Gasteiger partial charge in [-0.05, 0) is 38.3 Å². The minimum absolute atomic E-state index is 0.201. The molecule has 0 spiro atoms. The average molecular weight is 267 g/mol. The standard InChI is InChI=1S/C13H21N3OS/c1-3-10-5-4-9(2)16(10)8-11-6-7-12(18-11)13(17)15-14/h6-7,9-10H,3-5,8,14H2,1-2H3,(H,15,17). The van der Waals surface area contributed by atoms with Gasteiger partial charge in [-0.2, -0.15) is 0 Å². The summed E-state index contributed by atoms with van der Waals surface area (Å²) in [4.78, 5) is 15.9. The second kappa shape index (κ2) is 5.82. The van der Waals surface area contributed by atoms with E-state index in [1.165, 1.54) is 35.5 Å². The van der Waals surface area contributed by atoms with Gasteiger partial charge in [0, 0.05) is 23.5 Å². The molecule has 1 aliphatic heterocycles. The first kappa shape index (κ1) is 13.5. The number of hydrogen-bond donors (Lipinski definition) is 2. The molecule has 2 atom stereocenters. The van der Waals surface area contributed by atoms with Gasteiger partial charge in [0.25, 0.3) is 5.91 Å². The maximum Gasteiger partial charge on any atom is 0.275 e. The van der Waals surface area contributed by atoms with Gasteiger partial charge in [-0.25, -0.2) is 5.84 Å². The number of rotatable bonds is 4. The number of likely N-dealkylation sites (tertiary alicyclic amines) is 1. The van der Waals surface area contributed by atoms with E-state index in [-0.39, 0.29) is 5.91 Å². The average Bonchev–Trinajstić information content (AvgIpc) is 2.97. The lowest BCUT2D eigenvalue weighted by molar-refractivity contribution is 0.0957. The fraction of sp³-hybridized carbons (Fsp3) is 0.615. The molecular formula is C13H21N3OS. The number of nitrogen functional groups attached to an aromatic ring is 1. The van der Waals surface area contributed by atoms with Gasteiger partial charge in [-0.1, -0.05) is 6.92 Å². The normalized spacial score (nSPS) is 24.4. The molecule has 5 heteroatoms. The van der Waals surface area contributed by atoms with Crippen LogP contribution in [0.2, 0.25) is 0 Å². The van der Waals surface area contributed by atoms with Crippen molar-refractivity contribution in [2.75, 3.05) is 0 Å². The summed E-state index contributed by atoms with van der Waals surface area (Å²) in [6, 6.07) is 5.22. The van der Waals surface area contributed by atoms with Crippen molar-refractivity contribution in [2.45, 2.75) is 51.7 Å². The summed E-state index contributed by atoms with van der Waals surface area (Å²) in [5, 5.41) is 0. The van der Waals surface area contributed by atoms with Crippen LogP contribution in [0.25, 0.3) is 0 Å². The topological polar surface area (TPSA) is 58.4 Å². The molecule has 0 saturated carbocycles. The molecule has 1 saturated heterocycles. The summed E-state index contributed by atoms with van der Waals surface area (Å²) >= 11 is 1.53. The predicted octanol–water partition coefficient (Wildman–Crippen LogP) is 2.11. The Morgan fingerprint density at radius 2 is 2.33 bits per heavy atom. The van der Waals surface area contributed by atoms with Crippen LogP contribution in [0.3, 0.4) is 0 Å². The van der Waals surface area contributed by atoms with Crippen molar-refractivity contribution in [3.05, 3.63) is 21.9 Å². The zero-order chi connectivity index (χ0) is 13.1. The van der Waals surface area contributed by atoms with Crippen molar-refractivity contribution in [3.63, 3.8) is 0 Å². The highest BCUT2D eigenvalue weighted by Crippen LogP contribution is 2.29. The SMILES string of the molecule is CCC1CCC(C)N1Cc1ccc(C(=O)NN)s1. The molecule has 4 nitrogen and oxygen atoms in total. The Balaban J connectivity index is 2.04. The fourth-order valence-corrected chi connectivity index (χ4v) is 3.60. The largest absolute Gasteiger partial charge is 0.293 e. The number of amides is 1. The second-order valence-electron chi connectivity index (χ2n) is 4.90. The van der Waals surface area contributed by atoms with E-state index in [0.29, 0.717) is 17.0 Å². The summed E-state index contributed by atoms with van der Waals surface area (Å²) in [5.74, 6) is 4.94. The monoisotopic (exact) mass is 267 g/mol. The van der Waals surface area contributed by atoms with Gasteiger partial charge >= 0.3 is 0 Å². The summed E-state index contributed by atoms with van der Waals surface area (Å²) in [7, 11) is 0. The van der Waals surface area contributed by atoms with E-state index in [9.17, 15) is 4.79 Å². The van der Waals surface area contributed by atoms with E-state index in [2.05, 4.69) is 24.2 Å². The van der Waals surface area contributed by atoms with Crippen LogP contribution < -0.4 is 11.3 Å². The van der Waals surface area contributed by atoms with Gasteiger partial charge in [0.1, 0.15) is 0 Å². The lowest BCUT2D eigenvalue weighted by Crippen LogP contribution is -2.33. The van der Waals surface area contributed by atoms with Crippen molar-refractivity contribution in [1.82, 2.24) is 10.3 Å². The fourth-order valence-electron chi connectivity index (χ4n) is 2.68. The third-order valence-corrected chi connectivity index (χ3v) is 4.85. The van der Waals surface area contributed by atoms with Crippen molar-refractivity contribution in [2.24, 2.45) is 5.84 Å². The van der Waals surface area contributed by atoms with Crippen molar-refractivity contribution in [1.29, 1.82) is 0 Å². The highest BCUT2D eigenvalue weighted by Gasteiger charge is 2.29. The maximum absolute atomic E-state index is 11.4. The van der Waals surface area contributed by atoms with E-state index in [0.717, 1.165) is 6.54 Å². The van der Waals surface area contributed by atoms with Gasteiger partial charge in [-0.15, -0.1) is 11.3 Å². The number of hydrogen-bond acceptors (Lipinski definition) is 4. The van der Waals surface area contributed by atoms with E-state index >= 15 is 0 Å². The molecule has 1 aromatic heterocycles. The molecular weight excluding hydrogens is 246 g/mol. The number of nitrogens with zero attached hydrogens (tertiary/aromatic N) is 1. The zero-order valence-electron chi connectivity index (χ0n) is 11.0. The molecule has 100 valence electrons. The first-order valence-electron chi connectivity index (χ1n) is 6.51. The third kappa shape index (κ3) is 2.74. The minimum Gasteiger partial charge on any atom is -0.293 e. The Hall–Kier alpha value is -0.910. The van der Waals surface area contributed by atoms with E-state index < -0.39 is 0 Å². The molecule has 0 radical (unpaired) electrons. The molecule has 0 bridgehead atoms. The van der Waals surface area contributed by atoms with Crippen molar-refractivity contribution in [3.8, 4) is 0 Å². The van der Waals surface area contributed by atoms with Crippen LogP contribution in [0.4, 0.5) is 0 Å². The van der Waals surface area contributed by atoms with E-state index in [1.807, 2.05) is 12.1 Å². The van der Waals surface area contributed by atoms with Gasteiger partial charge in [0.2, 0.25) is 0 Å². The zero-order valence-corrected chi connectivity index (χ0v) is 11.8. The molecule has 1 amide bonds. The number of nitrogens with two attached hydrogens (primary N) is 1. The molecule has 18 heavy (non-hydrogen) atoms. The molecule has 1 aliphatic rings. The van der Waals surface area contributed by atoms with Crippen LogP contribution in [-0.2, 0) is 6.54 Å². The second-order valence-corrected chi connectivity index (χ2v) is 6.07. The molecule has 2 rings (SSSR count). The quantitative estimate of drug-likeness (QED) is 0.499. The van der Waals surface area contributed by atoms with Gasteiger partial charge in [0.15, 0.2) is 0 Å². The Morgan fingerprint density at radius 1 is 1.56 bits per heavy atom. The molecule has 1 fully saturated rings. The highest BCUT2D eigenvalue weighted by atomic mass is 32.1. The highest BCUT2D eigenvalue weighted by molar-refractivity contribution is 7.14. The summed E-state index contributed by atoms with van der Waals surface area (Å²) in [5.41, 5.74) is 2.17. The Kier molecular flexibility index (Phi) is 4.37. The van der Waals surface area contributed by atoms with Crippen LogP contribution >= 0.6 is 11.3 Å². The number of nitrogens with one attached hydrogen (secondary N) is 1. The molecule has 2 unspecified atom stereocenters. The Bertz CT molecular complexity index is 418. The van der Waals surface area contributed by atoms with Crippen LogP contribution in [0.5, 0.6) is 0 Å². The van der Waals surface area contributed by atoms with Gasteiger partial charge < -0.3 is 0 Å². The van der Waals surface area contributed by atoms with Crippen LogP contribution in [0, 0.1) is 0 Å². The summed E-state index contributed by atoms with van der Waals surface area (Å²) < 4.78 is 0. The first-order valence-corrected chi connectivity index (χ1v) is 7.32. The smallest absolute Gasteiger partial charge is 0.275 e. The van der Waals surface area contributed by atoms with Gasteiger partial charge in [0.05, 0.1) is 4.88 Å². The Labute approximate surface area is 112 Å². The van der Waals surface area contributed by atoms with E-state index in [1.54, 1.807) is 0 Å². The third-order valence-electron chi connectivity index (χ3n) is 3.78. The molecule has 0 aliphatic carbocycles. The Morgan fingerprint density at radius 3 is 3.00 bits per heavy atom. The van der Waals surface area contributed by atoms with Crippen LogP contribution in [0.15, 0.2) is 12.1 Å². The van der Waals surface area contributed by atoms with E-state index in [4.69, 9.17) is 5.84 Å². The maximum atomic E-state index is 11.4. The minimum atomic E-state index is -0.201. The van der Waals surface area contributed by atoms with Crippen molar-refractivity contribution < 1.29 is 4.79 Å². The lowest BCUT2D eigenvalue weighted by Gasteiger charge is -2.26. The number of hydrazine groups is 1. The molecule has 0 aromatic carbocycles. The predicted molar refractivity (Wildman–Crippen MR) is 74.3 cm³/mol. The van der Waals surface area contributed by atoms with Crippen LogP contribution in [0.1, 0.15) is 47.7 Å². The lowest BCUT2D eigenvalue weighted by atomic mass is 10.1. The first-order chi connectivity index (χ1) is 8.65. The number of thiophene rings is 1. The molecule has 3 N–H and O–H groups in total. The van der Waals surface area contributed by atoms with Crippen LogP contribution in [-0.4, -0.2) is 22.9 Å². The summed E-state index contributed by atoms with van der Waals surface area (Å²) in [6.45, 7) is 5.48. The molecule has 2 heterocycles. The summed E-state index contributed by atoms with van der Waals surface area (Å²) in [6.07, 6.45) is 3.77. The molecule has 1 aromatic rings. The number of carbonyl (C=O) groups is 1. The van der Waals surface area contributed by atoms with Gasteiger partial charge in [-0.3, -0.25) is 15.1 Å².